The van der Waals surface area contributed by atoms with Crippen LogP contribution in [-0.2, 0) is 0 Å². The molecule has 0 aliphatic heterocycles. The van der Waals surface area contributed by atoms with Crippen LogP contribution in [0.4, 0.5) is 0 Å². The van der Waals surface area contributed by atoms with Crippen molar-refractivity contribution in [2.75, 3.05) is 0 Å². The van der Waals surface area contributed by atoms with Crippen LogP contribution in [0.5, 0.6) is 0 Å². The number of H-pyrrole nitrogens is 1. The lowest BCUT2D eigenvalue weighted by atomic mass is 10.1. The number of aromatic carboxylic acids is 1. The zero-order chi connectivity index (χ0) is 19.7. The van der Waals surface area contributed by atoms with Crippen LogP contribution in [0.25, 0.3) is 28.2 Å². The van der Waals surface area contributed by atoms with Gasteiger partial charge in [0.1, 0.15) is 5.69 Å². The van der Waals surface area contributed by atoms with Gasteiger partial charge in [0.2, 0.25) is 5.56 Å². The van der Waals surface area contributed by atoms with Crippen molar-refractivity contribution in [3.8, 4) is 28.2 Å². The molecule has 0 spiro atoms. The minimum absolute atomic E-state index is 0.163. The van der Waals surface area contributed by atoms with E-state index >= 15 is 0 Å². The molecule has 0 aliphatic rings. The summed E-state index contributed by atoms with van der Waals surface area (Å²) in [6.07, 6.45) is 5.08. The van der Waals surface area contributed by atoms with Gasteiger partial charge in [0, 0.05) is 23.4 Å². The highest BCUT2D eigenvalue weighted by Gasteiger charge is 2.10. The van der Waals surface area contributed by atoms with Gasteiger partial charge in [-0.1, -0.05) is 17.3 Å². The monoisotopic (exact) mass is 373 g/mol. The number of aromatic amines is 1. The van der Waals surface area contributed by atoms with E-state index in [-0.39, 0.29) is 11.1 Å². The normalized spacial score (nSPS) is 10.8. The fourth-order valence-electron chi connectivity index (χ4n) is 2.81. The topological polar surface area (TPSA) is 114 Å². The molecule has 0 saturated carbocycles. The van der Waals surface area contributed by atoms with Crippen molar-refractivity contribution >= 4 is 5.97 Å². The molecule has 0 radical (unpaired) electrons. The van der Waals surface area contributed by atoms with Crippen molar-refractivity contribution in [1.82, 2.24) is 25.0 Å². The summed E-state index contributed by atoms with van der Waals surface area (Å²) in [5, 5.41) is 17.3. The third-order valence-corrected chi connectivity index (χ3v) is 4.33. The Kier molecular flexibility index (Phi) is 4.29. The van der Waals surface area contributed by atoms with E-state index in [9.17, 15) is 9.59 Å². The highest BCUT2D eigenvalue weighted by atomic mass is 16.4. The van der Waals surface area contributed by atoms with Gasteiger partial charge in [-0.3, -0.25) is 9.78 Å². The van der Waals surface area contributed by atoms with Crippen LogP contribution in [-0.4, -0.2) is 36.0 Å². The first kappa shape index (κ1) is 17.3. The molecule has 28 heavy (non-hydrogen) atoms. The molecule has 4 aromatic rings. The maximum absolute atomic E-state index is 11.2. The second-order valence-electron chi connectivity index (χ2n) is 6.23. The summed E-state index contributed by atoms with van der Waals surface area (Å²) in [6.45, 7) is 1.94. The van der Waals surface area contributed by atoms with Crippen molar-refractivity contribution < 1.29 is 9.90 Å². The van der Waals surface area contributed by atoms with Gasteiger partial charge >= 0.3 is 5.97 Å². The van der Waals surface area contributed by atoms with E-state index in [1.54, 1.807) is 41.5 Å². The predicted octanol–water partition coefficient (Wildman–Crippen LogP) is 2.69. The first-order valence-electron chi connectivity index (χ1n) is 8.43. The lowest BCUT2D eigenvalue weighted by Crippen LogP contribution is -2.03. The average Bonchev–Trinajstić information content (AvgIpc) is 3.18. The largest absolute Gasteiger partial charge is 0.478 e. The highest BCUT2D eigenvalue weighted by molar-refractivity contribution is 5.88. The van der Waals surface area contributed by atoms with E-state index in [0.29, 0.717) is 5.69 Å². The number of nitrogens with one attached hydrogen (secondary N) is 1. The summed E-state index contributed by atoms with van der Waals surface area (Å²) in [4.78, 5) is 29.3. The van der Waals surface area contributed by atoms with E-state index in [4.69, 9.17) is 5.11 Å². The number of aromatic nitrogens is 5. The molecule has 0 bridgehead atoms. The fourth-order valence-corrected chi connectivity index (χ4v) is 2.81. The molecule has 3 aromatic heterocycles. The number of carbonyl (C=O) groups is 1. The molecule has 8 heteroatoms. The SMILES string of the molecule is Cc1cc(-c2ccc(=O)[nH]c2)ncc1-n1cc(-c2ccc(C(=O)O)cc2)nn1. The van der Waals surface area contributed by atoms with Gasteiger partial charge in [-0.2, -0.15) is 0 Å². The number of hydrogen-bond acceptors (Lipinski definition) is 5. The van der Waals surface area contributed by atoms with Gasteiger partial charge in [-0.15, -0.1) is 5.10 Å². The van der Waals surface area contributed by atoms with Gasteiger partial charge in [0.25, 0.3) is 0 Å². The Morgan fingerprint density at radius 2 is 1.82 bits per heavy atom. The third kappa shape index (κ3) is 3.30. The van der Waals surface area contributed by atoms with E-state index in [1.807, 2.05) is 13.0 Å². The summed E-state index contributed by atoms with van der Waals surface area (Å²) in [5.41, 5.74) is 4.71. The molecular weight excluding hydrogens is 358 g/mol. The first-order valence-corrected chi connectivity index (χ1v) is 8.43. The Labute approximate surface area is 159 Å². The minimum atomic E-state index is -0.973. The standard InChI is InChI=1S/C20H15N5O3/c1-12-8-16(15-6-7-19(26)22-9-15)21-10-18(12)25-11-17(23-24-25)13-2-4-14(5-3-13)20(27)28/h2-11H,1H3,(H,22,26)(H,27,28). The average molecular weight is 373 g/mol. The van der Waals surface area contributed by atoms with Crippen LogP contribution in [0.1, 0.15) is 15.9 Å². The molecule has 0 saturated heterocycles. The number of benzene rings is 1. The maximum Gasteiger partial charge on any atom is 0.335 e. The lowest BCUT2D eigenvalue weighted by Gasteiger charge is -2.07. The van der Waals surface area contributed by atoms with Gasteiger partial charge in [-0.05, 0) is 36.8 Å². The van der Waals surface area contributed by atoms with Gasteiger partial charge < -0.3 is 10.1 Å². The Hall–Kier alpha value is -4.07. The second-order valence-corrected chi connectivity index (χ2v) is 6.23. The number of pyridine rings is 2. The Morgan fingerprint density at radius 1 is 1.07 bits per heavy atom. The van der Waals surface area contributed by atoms with E-state index in [0.717, 1.165) is 28.1 Å². The number of hydrogen-bond donors (Lipinski definition) is 2. The number of carboxylic acids is 1. The summed E-state index contributed by atoms with van der Waals surface area (Å²) < 4.78 is 1.62. The summed E-state index contributed by atoms with van der Waals surface area (Å²) in [5.74, 6) is -0.973. The molecule has 2 N–H and O–H groups in total. The van der Waals surface area contributed by atoms with Crippen molar-refractivity contribution in [2.45, 2.75) is 6.92 Å². The summed E-state index contributed by atoms with van der Waals surface area (Å²) in [6, 6.07) is 11.5. The Balaban J connectivity index is 1.64. The number of aryl methyl sites for hydroxylation is 1. The summed E-state index contributed by atoms with van der Waals surface area (Å²) >= 11 is 0. The molecule has 3 heterocycles. The van der Waals surface area contributed by atoms with E-state index in [2.05, 4.69) is 20.3 Å². The fraction of sp³-hybridized carbons (Fsp3) is 0.0500. The molecule has 0 aliphatic carbocycles. The van der Waals surface area contributed by atoms with Crippen LogP contribution in [0.2, 0.25) is 0 Å². The molecule has 0 unspecified atom stereocenters. The lowest BCUT2D eigenvalue weighted by molar-refractivity contribution is 0.0697. The molecule has 4 rings (SSSR count). The van der Waals surface area contributed by atoms with Crippen molar-refractivity contribution in [2.24, 2.45) is 0 Å². The molecule has 1 aromatic carbocycles. The van der Waals surface area contributed by atoms with E-state index in [1.165, 1.54) is 18.2 Å². The number of carboxylic acid groups (broad SMARTS) is 1. The van der Waals surface area contributed by atoms with Crippen LogP contribution in [0.3, 0.4) is 0 Å². The van der Waals surface area contributed by atoms with Crippen molar-refractivity contribution in [3.05, 3.63) is 82.5 Å². The van der Waals surface area contributed by atoms with Gasteiger partial charge in [0.05, 0.1) is 29.3 Å². The van der Waals surface area contributed by atoms with Gasteiger partial charge in [-0.25, -0.2) is 9.48 Å². The molecule has 0 atom stereocenters. The zero-order valence-electron chi connectivity index (χ0n) is 14.8. The van der Waals surface area contributed by atoms with Crippen molar-refractivity contribution in [1.29, 1.82) is 0 Å². The smallest absolute Gasteiger partial charge is 0.335 e. The van der Waals surface area contributed by atoms with Crippen LogP contribution in [0.15, 0.2) is 65.8 Å². The Morgan fingerprint density at radius 3 is 2.46 bits per heavy atom. The first-order chi connectivity index (χ1) is 13.5. The number of nitrogens with zero attached hydrogens (tertiary/aromatic N) is 4. The number of rotatable bonds is 4. The molecule has 0 amide bonds. The van der Waals surface area contributed by atoms with Gasteiger partial charge in [0.15, 0.2) is 0 Å². The van der Waals surface area contributed by atoms with E-state index < -0.39 is 5.97 Å². The molecule has 138 valence electrons. The molecular formula is C20H15N5O3. The second kappa shape index (κ2) is 6.92. The van der Waals surface area contributed by atoms with Crippen molar-refractivity contribution in [3.63, 3.8) is 0 Å². The Bertz CT molecular complexity index is 1200. The highest BCUT2D eigenvalue weighted by Crippen LogP contribution is 2.22. The van der Waals surface area contributed by atoms with Crippen LogP contribution >= 0.6 is 0 Å². The predicted molar refractivity (Wildman–Crippen MR) is 102 cm³/mol. The molecule has 0 fully saturated rings. The minimum Gasteiger partial charge on any atom is -0.478 e. The maximum atomic E-state index is 11.2. The third-order valence-electron chi connectivity index (χ3n) is 4.33. The zero-order valence-corrected chi connectivity index (χ0v) is 14.8. The quantitative estimate of drug-likeness (QED) is 0.568. The van der Waals surface area contributed by atoms with Crippen LogP contribution in [0, 0.1) is 6.92 Å². The van der Waals surface area contributed by atoms with Crippen LogP contribution < -0.4 is 5.56 Å². The summed E-state index contributed by atoms with van der Waals surface area (Å²) in [7, 11) is 0. The molecule has 8 nitrogen and oxygen atoms in total.